The van der Waals surface area contributed by atoms with Crippen molar-refractivity contribution in [2.24, 2.45) is 0 Å². The van der Waals surface area contributed by atoms with Gasteiger partial charge in [-0.2, -0.15) is 11.8 Å². The largest absolute Gasteiger partial charge is 0.352 e. The van der Waals surface area contributed by atoms with Crippen LogP contribution in [-0.4, -0.2) is 11.7 Å². The number of carbonyl (C=O) groups excluding carboxylic acids is 1. The molecule has 2 rings (SSSR count). The molecule has 0 bridgehead atoms. The zero-order chi connectivity index (χ0) is 16.7. The Kier molecular flexibility index (Phi) is 6.93. The average molecular weight is 352 g/mol. The fourth-order valence-corrected chi connectivity index (χ4v) is 3.29. The second-order valence-corrected chi connectivity index (χ2v) is 7.04. The highest BCUT2D eigenvalue weighted by atomic mass is 35.5. The highest BCUT2D eigenvalue weighted by Gasteiger charge is 2.08. The maximum absolute atomic E-state index is 12.9. The predicted molar refractivity (Wildman–Crippen MR) is 95.2 cm³/mol. The first kappa shape index (κ1) is 17.8. The van der Waals surface area contributed by atoms with Crippen LogP contribution in [0.2, 0.25) is 5.02 Å². The first-order valence-electron chi connectivity index (χ1n) is 7.43. The number of rotatable bonds is 7. The lowest BCUT2D eigenvalue weighted by Crippen LogP contribution is -2.23. The van der Waals surface area contributed by atoms with Gasteiger partial charge in [0.05, 0.1) is 0 Å². The van der Waals surface area contributed by atoms with Crippen LogP contribution in [0, 0.1) is 5.82 Å². The lowest BCUT2D eigenvalue weighted by molar-refractivity contribution is -0.120. The molecular weight excluding hydrogens is 333 g/mol. The Morgan fingerprint density at radius 1 is 1.22 bits per heavy atom. The van der Waals surface area contributed by atoms with Gasteiger partial charge in [-0.3, -0.25) is 4.79 Å². The Hall–Kier alpha value is -1.52. The summed E-state index contributed by atoms with van der Waals surface area (Å²) < 4.78 is 12.9. The quantitative estimate of drug-likeness (QED) is 0.762. The van der Waals surface area contributed by atoms with E-state index in [2.05, 4.69) is 12.2 Å². The highest BCUT2D eigenvalue weighted by Crippen LogP contribution is 2.28. The van der Waals surface area contributed by atoms with Crippen LogP contribution in [-0.2, 0) is 11.3 Å². The highest BCUT2D eigenvalue weighted by molar-refractivity contribution is 7.99. The number of benzene rings is 2. The standard InChI is InChI=1S/C18H19ClFNOS/c1-13(14-6-8-16(20)9-7-14)23-11-10-18(22)21-12-15-4-2-3-5-17(15)19/h2-9,13H,10-12H2,1H3,(H,21,22). The van der Waals surface area contributed by atoms with E-state index in [1.807, 2.05) is 24.3 Å². The second-order valence-electron chi connectivity index (χ2n) is 5.18. The Morgan fingerprint density at radius 2 is 1.91 bits per heavy atom. The Balaban J connectivity index is 1.70. The Morgan fingerprint density at radius 3 is 2.61 bits per heavy atom. The molecule has 0 aliphatic rings. The van der Waals surface area contributed by atoms with E-state index in [1.54, 1.807) is 23.9 Å². The monoisotopic (exact) mass is 351 g/mol. The third-order valence-electron chi connectivity index (χ3n) is 3.47. The summed E-state index contributed by atoms with van der Waals surface area (Å²) in [5, 5.41) is 3.76. The van der Waals surface area contributed by atoms with Crippen LogP contribution in [0.1, 0.15) is 29.7 Å². The fourth-order valence-electron chi connectivity index (χ4n) is 2.08. The maximum Gasteiger partial charge on any atom is 0.221 e. The molecular formula is C18H19ClFNOS. The molecule has 0 aliphatic carbocycles. The summed E-state index contributed by atoms with van der Waals surface area (Å²) in [5.74, 6) is 0.487. The molecule has 1 atom stereocenters. The SMILES string of the molecule is CC(SCCC(=O)NCc1ccccc1Cl)c1ccc(F)cc1. The van der Waals surface area contributed by atoms with Gasteiger partial charge in [-0.15, -0.1) is 0 Å². The van der Waals surface area contributed by atoms with Gasteiger partial charge >= 0.3 is 0 Å². The first-order chi connectivity index (χ1) is 11.1. The zero-order valence-corrected chi connectivity index (χ0v) is 14.5. The topological polar surface area (TPSA) is 29.1 Å². The molecule has 0 aromatic heterocycles. The molecule has 0 saturated heterocycles. The summed E-state index contributed by atoms with van der Waals surface area (Å²) in [5.41, 5.74) is 1.97. The van der Waals surface area contributed by atoms with Crippen LogP contribution < -0.4 is 5.32 Å². The molecule has 2 aromatic rings. The third-order valence-corrected chi connectivity index (χ3v) is 5.05. The van der Waals surface area contributed by atoms with Crippen molar-refractivity contribution in [3.63, 3.8) is 0 Å². The summed E-state index contributed by atoms with van der Waals surface area (Å²) in [6, 6.07) is 14.0. The van der Waals surface area contributed by atoms with Crippen LogP contribution in [0.5, 0.6) is 0 Å². The number of nitrogens with one attached hydrogen (secondary N) is 1. The minimum atomic E-state index is -0.232. The summed E-state index contributed by atoms with van der Waals surface area (Å²) in [6.45, 7) is 2.50. The van der Waals surface area contributed by atoms with Crippen molar-refractivity contribution in [1.29, 1.82) is 0 Å². The number of carbonyl (C=O) groups is 1. The van der Waals surface area contributed by atoms with E-state index in [-0.39, 0.29) is 17.0 Å². The van der Waals surface area contributed by atoms with Gasteiger partial charge in [0, 0.05) is 29.0 Å². The lowest BCUT2D eigenvalue weighted by atomic mass is 10.2. The van der Waals surface area contributed by atoms with Crippen LogP contribution in [0.25, 0.3) is 0 Å². The van der Waals surface area contributed by atoms with Crippen LogP contribution in [0.4, 0.5) is 4.39 Å². The van der Waals surface area contributed by atoms with E-state index >= 15 is 0 Å². The van der Waals surface area contributed by atoms with Gasteiger partial charge in [-0.1, -0.05) is 41.9 Å². The van der Waals surface area contributed by atoms with Gasteiger partial charge in [-0.25, -0.2) is 4.39 Å². The first-order valence-corrected chi connectivity index (χ1v) is 8.86. The molecule has 0 fully saturated rings. The number of hydrogen-bond acceptors (Lipinski definition) is 2. The van der Waals surface area contributed by atoms with Crippen LogP contribution in [0.15, 0.2) is 48.5 Å². The van der Waals surface area contributed by atoms with Gasteiger partial charge in [-0.05, 0) is 36.2 Å². The molecule has 1 unspecified atom stereocenters. The number of thioether (sulfide) groups is 1. The fraction of sp³-hybridized carbons (Fsp3) is 0.278. The van der Waals surface area contributed by atoms with Gasteiger partial charge in [0.2, 0.25) is 5.91 Å². The molecule has 1 amide bonds. The molecule has 1 N–H and O–H groups in total. The molecule has 122 valence electrons. The van der Waals surface area contributed by atoms with E-state index in [4.69, 9.17) is 11.6 Å². The lowest BCUT2D eigenvalue weighted by Gasteiger charge is -2.12. The predicted octanol–water partition coefficient (Wildman–Crippen LogP) is 4.98. The number of hydrogen-bond donors (Lipinski definition) is 1. The summed E-state index contributed by atoms with van der Waals surface area (Å²) in [6.07, 6.45) is 0.445. The minimum Gasteiger partial charge on any atom is -0.352 e. The van der Waals surface area contributed by atoms with Gasteiger partial charge in [0.25, 0.3) is 0 Å². The van der Waals surface area contributed by atoms with Crippen LogP contribution >= 0.6 is 23.4 Å². The van der Waals surface area contributed by atoms with Crippen LogP contribution in [0.3, 0.4) is 0 Å². The zero-order valence-electron chi connectivity index (χ0n) is 12.9. The molecule has 23 heavy (non-hydrogen) atoms. The summed E-state index contributed by atoms with van der Waals surface area (Å²) >= 11 is 7.73. The molecule has 0 heterocycles. The molecule has 0 saturated carbocycles. The molecule has 0 aliphatic heterocycles. The third kappa shape index (κ3) is 5.88. The van der Waals surface area contributed by atoms with E-state index < -0.39 is 0 Å². The van der Waals surface area contributed by atoms with Crippen molar-refractivity contribution in [1.82, 2.24) is 5.32 Å². The van der Waals surface area contributed by atoms with E-state index in [0.29, 0.717) is 23.7 Å². The maximum atomic E-state index is 12.9. The molecule has 2 nitrogen and oxygen atoms in total. The van der Waals surface area contributed by atoms with E-state index in [0.717, 1.165) is 11.1 Å². The van der Waals surface area contributed by atoms with Crippen molar-refractivity contribution in [2.75, 3.05) is 5.75 Å². The summed E-state index contributed by atoms with van der Waals surface area (Å²) in [7, 11) is 0. The van der Waals surface area contributed by atoms with Crippen molar-refractivity contribution in [2.45, 2.75) is 25.1 Å². The number of amides is 1. The Bertz CT molecular complexity index is 648. The second kappa shape index (κ2) is 8.94. The number of halogens is 2. The van der Waals surface area contributed by atoms with E-state index in [9.17, 15) is 9.18 Å². The van der Waals surface area contributed by atoms with Crippen molar-refractivity contribution in [3.8, 4) is 0 Å². The molecule has 2 aromatic carbocycles. The van der Waals surface area contributed by atoms with Gasteiger partial charge < -0.3 is 5.32 Å². The average Bonchev–Trinajstić information content (AvgIpc) is 2.54. The van der Waals surface area contributed by atoms with Crippen molar-refractivity contribution >= 4 is 29.3 Å². The van der Waals surface area contributed by atoms with Gasteiger partial charge in [0.15, 0.2) is 0 Å². The van der Waals surface area contributed by atoms with E-state index in [1.165, 1.54) is 12.1 Å². The molecule has 0 spiro atoms. The Labute approximate surface area is 145 Å². The van der Waals surface area contributed by atoms with Crippen molar-refractivity contribution < 1.29 is 9.18 Å². The van der Waals surface area contributed by atoms with Crippen molar-refractivity contribution in [3.05, 3.63) is 70.5 Å². The molecule has 5 heteroatoms. The minimum absolute atomic E-state index is 0.00345. The smallest absolute Gasteiger partial charge is 0.221 e. The van der Waals surface area contributed by atoms with Gasteiger partial charge in [0.1, 0.15) is 5.82 Å². The summed E-state index contributed by atoms with van der Waals surface area (Å²) in [4.78, 5) is 11.9. The normalized spacial score (nSPS) is 12.0. The molecule has 0 radical (unpaired) electrons.